The SMILES string of the molecule is CN1CCOC[C@@H]2CNCC[C@H]21. The lowest BCUT2D eigenvalue weighted by Crippen LogP contribution is -2.48. The maximum absolute atomic E-state index is 5.55. The largest absolute Gasteiger partial charge is 0.380 e. The van der Waals surface area contributed by atoms with Crippen LogP contribution in [0.2, 0.25) is 0 Å². The van der Waals surface area contributed by atoms with Crippen molar-refractivity contribution in [1.82, 2.24) is 10.2 Å². The second kappa shape index (κ2) is 3.73. The van der Waals surface area contributed by atoms with Gasteiger partial charge in [-0.2, -0.15) is 0 Å². The molecule has 0 radical (unpaired) electrons. The molecule has 0 spiro atoms. The molecule has 70 valence electrons. The summed E-state index contributed by atoms with van der Waals surface area (Å²) in [7, 11) is 2.22. The molecule has 3 nitrogen and oxygen atoms in total. The Hall–Kier alpha value is -0.120. The van der Waals surface area contributed by atoms with E-state index in [9.17, 15) is 0 Å². The van der Waals surface area contributed by atoms with Gasteiger partial charge in [0.25, 0.3) is 0 Å². The molecule has 2 heterocycles. The number of ether oxygens (including phenoxy) is 1. The highest BCUT2D eigenvalue weighted by atomic mass is 16.5. The molecule has 3 heteroatoms. The van der Waals surface area contributed by atoms with Crippen molar-refractivity contribution in [2.24, 2.45) is 5.92 Å². The van der Waals surface area contributed by atoms with Gasteiger partial charge in [0.15, 0.2) is 0 Å². The van der Waals surface area contributed by atoms with E-state index >= 15 is 0 Å². The summed E-state index contributed by atoms with van der Waals surface area (Å²) in [5, 5.41) is 3.43. The quantitative estimate of drug-likeness (QED) is 0.550. The highest BCUT2D eigenvalue weighted by Gasteiger charge is 2.29. The van der Waals surface area contributed by atoms with Gasteiger partial charge in [0.2, 0.25) is 0 Å². The lowest BCUT2D eigenvalue weighted by molar-refractivity contribution is 0.106. The summed E-state index contributed by atoms with van der Waals surface area (Å²) in [6, 6.07) is 0.758. The number of nitrogens with zero attached hydrogens (tertiary/aromatic N) is 1. The van der Waals surface area contributed by atoms with Crippen LogP contribution in [0.4, 0.5) is 0 Å². The number of rotatable bonds is 0. The van der Waals surface area contributed by atoms with Crippen LogP contribution < -0.4 is 5.32 Å². The van der Waals surface area contributed by atoms with Gasteiger partial charge in [-0.1, -0.05) is 0 Å². The van der Waals surface area contributed by atoms with Gasteiger partial charge in [0.1, 0.15) is 0 Å². The van der Waals surface area contributed by atoms with Crippen LogP contribution in [0.15, 0.2) is 0 Å². The lowest BCUT2D eigenvalue weighted by Gasteiger charge is -2.35. The normalized spacial score (nSPS) is 38.8. The highest BCUT2D eigenvalue weighted by Crippen LogP contribution is 2.19. The first kappa shape index (κ1) is 8.48. The first-order valence-electron chi connectivity index (χ1n) is 4.86. The van der Waals surface area contributed by atoms with Gasteiger partial charge >= 0.3 is 0 Å². The van der Waals surface area contributed by atoms with E-state index in [1.807, 2.05) is 0 Å². The molecule has 2 fully saturated rings. The maximum Gasteiger partial charge on any atom is 0.0593 e. The Labute approximate surface area is 74.1 Å². The van der Waals surface area contributed by atoms with Gasteiger partial charge in [0.05, 0.1) is 13.2 Å². The maximum atomic E-state index is 5.55. The molecule has 0 aromatic carbocycles. The molecule has 0 aromatic heterocycles. The van der Waals surface area contributed by atoms with Gasteiger partial charge in [-0.05, 0) is 20.0 Å². The minimum atomic E-state index is 0.714. The van der Waals surface area contributed by atoms with Crippen molar-refractivity contribution >= 4 is 0 Å². The number of piperidine rings is 1. The minimum Gasteiger partial charge on any atom is -0.380 e. The molecule has 0 unspecified atom stereocenters. The van der Waals surface area contributed by atoms with Gasteiger partial charge in [0, 0.05) is 25.0 Å². The first-order chi connectivity index (χ1) is 5.88. The predicted molar refractivity (Wildman–Crippen MR) is 48.2 cm³/mol. The second-order valence-electron chi connectivity index (χ2n) is 3.88. The van der Waals surface area contributed by atoms with Crippen molar-refractivity contribution in [3.8, 4) is 0 Å². The smallest absolute Gasteiger partial charge is 0.0593 e. The van der Waals surface area contributed by atoms with Crippen LogP contribution in [0, 0.1) is 5.92 Å². The van der Waals surface area contributed by atoms with Gasteiger partial charge < -0.3 is 15.0 Å². The summed E-state index contributed by atoms with van der Waals surface area (Å²) in [6.07, 6.45) is 1.28. The molecule has 2 saturated heterocycles. The van der Waals surface area contributed by atoms with E-state index < -0.39 is 0 Å². The molecular formula is C9H18N2O. The number of fused-ring (bicyclic) bond motifs is 1. The minimum absolute atomic E-state index is 0.714. The second-order valence-corrected chi connectivity index (χ2v) is 3.88. The Morgan fingerprint density at radius 2 is 2.42 bits per heavy atom. The van der Waals surface area contributed by atoms with E-state index in [1.54, 1.807) is 0 Å². The fourth-order valence-corrected chi connectivity index (χ4v) is 2.27. The van der Waals surface area contributed by atoms with E-state index in [0.717, 1.165) is 32.3 Å². The van der Waals surface area contributed by atoms with Crippen LogP contribution >= 0.6 is 0 Å². The first-order valence-corrected chi connectivity index (χ1v) is 4.86. The third-order valence-corrected chi connectivity index (χ3v) is 3.05. The number of hydrogen-bond acceptors (Lipinski definition) is 3. The Kier molecular flexibility index (Phi) is 2.63. The van der Waals surface area contributed by atoms with Crippen LogP contribution in [-0.4, -0.2) is 50.8 Å². The van der Waals surface area contributed by atoms with Crippen LogP contribution in [-0.2, 0) is 4.74 Å². The highest BCUT2D eigenvalue weighted by molar-refractivity contribution is 4.85. The summed E-state index contributed by atoms with van der Waals surface area (Å²) in [6.45, 7) is 5.26. The summed E-state index contributed by atoms with van der Waals surface area (Å²) >= 11 is 0. The van der Waals surface area contributed by atoms with Crippen molar-refractivity contribution in [1.29, 1.82) is 0 Å². The predicted octanol–water partition coefficient (Wildman–Crippen LogP) is -0.0735. The summed E-state index contributed by atoms with van der Waals surface area (Å²) < 4.78 is 5.55. The van der Waals surface area contributed by atoms with Gasteiger partial charge in [-0.25, -0.2) is 0 Å². The zero-order chi connectivity index (χ0) is 8.39. The molecule has 0 aromatic rings. The monoisotopic (exact) mass is 170 g/mol. The molecule has 2 atom stereocenters. The Bertz CT molecular complexity index is 151. The van der Waals surface area contributed by atoms with Gasteiger partial charge in [-0.15, -0.1) is 0 Å². The van der Waals surface area contributed by atoms with Crippen molar-refractivity contribution in [3.63, 3.8) is 0 Å². The molecule has 0 saturated carbocycles. The van der Waals surface area contributed by atoms with E-state index in [2.05, 4.69) is 17.3 Å². The Morgan fingerprint density at radius 3 is 3.33 bits per heavy atom. The van der Waals surface area contributed by atoms with E-state index in [0.29, 0.717) is 5.92 Å². The molecule has 2 aliphatic heterocycles. The fourth-order valence-electron chi connectivity index (χ4n) is 2.27. The van der Waals surface area contributed by atoms with Crippen molar-refractivity contribution < 1.29 is 4.74 Å². The summed E-state index contributed by atoms with van der Waals surface area (Å²) in [5.41, 5.74) is 0. The van der Waals surface area contributed by atoms with Crippen LogP contribution in [0.3, 0.4) is 0 Å². The molecule has 2 rings (SSSR count). The van der Waals surface area contributed by atoms with Crippen LogP contribution in [0.25, 0.3) is 0 Å². The summed E-state index contributed by atoms with van der Waals surface area (Å²) in [4.78, 5) is 2.46. The van der Waals surface area contributed by atoms with Gasteiger partial charge in [-0.3, -0.25) is 0 Å². The van der Waals surface area contributed by atoms with E-state index in [-0.39, 0.29) is 0 Å². The molecule has 2 aliphatic rings. The van der Waals surface area contributed by atoms with Crippen molar-refractivity contribution in [3.05, 3.63) is 0 Å². The van der Waals surface area contributed by atoms with Crippen molar-refractivity contribution in [2.45, 2.75) is 12.5 Å². The van der Waals surface area contributed by atoms with E-state index in [4.69, 9.17) is 4.74 Å². The Morgan fingerprint density at radius 1 is 1.50 bits per heavy atom. The van der Waals surface area contributed by atoms with Crippen LogP contribution in [0.5, 0.6) is 0 Å². The van der Waals surface area contributed by atoms with Crippen molar-refractivity contribution in [2.75, 3.05) is 39.9 Å². The topological polar surface area (TPSA) is 24.5 Å². The summed E-state index contributed by atoms with van der Waals surface area (Å²) in [5.74, 6) is 0.714. The molecule has 0 aliphatic carbocycles. The third-order valence-electron chi connectivity index (χ3n) is 3.05. The van der Waals surface area contributed by atoms with E-state index in [1.165, 1.54) is 13.0 Å². The zero-order valence-corrected chi connectivity index (χ0v) is 7.75. The fraction of sp³-hybridized carbons (Fsp3) is 1.00. The average molecular weight is 170 g/mol. The molecule has 0 bridgehead atoms. The molecular weight excluding hydrogens is 152 g/mol. The lowest BCUT2D eigenvalue weighted by atomic mass is 9.93. The average Bonchev–Trinajstić information content (AvgIpc) is 2.29. The van der Waals surface area contributed by atoms with Crippen LogP contribution in [0.1, 0.15) is 6.42 Å². The number of nitrogens with one attached hydrogen (secondary N) is 1. The number of hydrogen-bond donors (Lipinski definition) is 1. The zero-order valence-electron chi connectivity index (χ0n) is 7.75. The standard InChI is InChI=1S/C9H18N2O/c1-11-4-5-12-7-8-6-10-3-2-9(8)11/h8-10H,2-7H2,1H3/t8-,9+/m0/s1. The number of likely N-dealkylation sites (N-methyl/N-ethyl adjacent to an activating group) is 1. The third kappa shape index (κ3) is 1.63. The molecule has 1 N–H and O–H groups in total. The molecule has 12 heavy (non-hydrogen) atoms. The Balaban J connectivity index is 2.01. The molecule has 0 amide bonds.